The monoisotopic (exact) mass is 528 g/mol. The van der Waals surface area contributed by atoms with E-state index in [1.54, 1.807) is 0 Å². The van der Waals surface area contributed by atoms with Crippen molar-refractivity contribution in [3.05, 3.63) is 29.1 Å². The van der Waals surface area contributed by atoms with Gasteiger partial charge >= 0.3 is 0 Å². The van der Waals surface area contributed by atoms with Crippen LogP contribution in [0.15, 0.2) is 11.2 Å². The molecule has 2 aromatic heterocycles. The number of aromatic nitrogens is 5. The molecule has 0 amide bonds. The van der Waals surface area contributed by atoms with Crippen LogP contribution in [0.2, 0.25) is 0 Å². The molecule has 168 valence electrons. The van der Waals surface area contributed by atoms with Gasteiger partial charge in [0.1, 0.15) is 11.6 Å². The molecule has 0 atom stereocenters. The Labute approximate surface area is 197 Å². The summed E-state index contributed by atoms with van der Waals surface area (Å²) in [4.78, 5) is 6.61. The Morgan fingerprint density at radius 2 is 2.07 bits per heavy atom. The van der Waals surface area contributed by atoms with Gasteiger partial charge in [0, 0.05) is 65.4 Å². The van der Waals surface area contributed by atoms with E-state index in [0.29, 0.717) is 5.92 Å². The standard InChI is InChI=1S/C21H36N8.HI/c1-16(2)20-17(15-28(5)26-20)14-27(4)21(22-3)23-12-9-11-19-25-24-18-10-7-6-8-13-29(18)19;/h15-16H,6-14H2,1-5H3,(H,22,23);1H. The van der Waals surface area contributed by atoms with E-state index in [2.05, 4.69) is 62.2 Å². The second-order valence-corrected chi connectivity index (χ2v) is 8.30. The lowest BCUT2D eigenvalue weighted by molar-refractivity contribution is 0.471. The van der Waals surface area contributed by atoms with Gasteiger partial charge in [-0.05, 0) is 25.2 Å². The van der Waals surface area contributed by atoms with Crippen molar-refractivity contribution in [1.29, 1.82) is 0 Å². The number of nitrogens with one attached hydrogen (secondary N) is 1. The van der Waals surface area contributed by atoms with Crippen molar-refractivity contribution in [2.24, 2.45) is 12.0 Å². The normalized spacial score (nSPS) is 14.3. The summed E-state index contributed by atoms with van der Waals surface area (Å²) in [5, 5.41) is 16.9. The maximum Gasteiger partial charge on any atom is 0.193 e. The maximum absolute atomic E-state index is 4.61. The third-order valence-corrected chi connectivity index (χ3v) is 5.51. The molecule has 0 aromatic carbocycles. The fraction of sp³-hybridized carbons (Fsp3) is 0.714. The van der Waals surface area contributed by atoms with E-state index < -0.39 is 0 Å². The number of nitrogens with zero attached hydrogens (tertiary/aromatic N) is 7. The van der Waals surface area contributed by atoms with E-state index in [-0.39, 0.29) is 24.0 Å². The van der Waals surface area contributed by atoms with Gasteiger partial charge in [0.25, 0.3) is 0 Å². The number of halogens is 1. The first kappa shape index (κ1) is 24.6. The second kappa shape index (κ2) is 11.7. The zero-order chi connectivity index (χ0) is 20.8. The van der Waals surface area contributed by atoms with Crippen molar-refractivity contribution in [2.75, 3.05) is 20.6 Å². The Morgan fingerprint density at radius 3 is 2.80 bits per heavy atom. The van der Waals surface area contributed by atoms with Crippen LogP contribution in [0.3, 0.4) is 0 Å². The molecule has 0 radical (unpaired) electrons. The Hall–Kier alpha value is -1.65. The van der Waals surface area contributed by atoms with Crippen LogP contribution in [0.4, 0.5) is 0 Å². The highest BCUT2D eigenvalue weighted by Crippen LogP contribution is 2.18. The molecule has 3 heterocycles. The predicted octanol–water partition coefficient (Wildman–Crippen LogP) is 3.12. The molecule has 0 saturated carbocycles. The smallest absolute Gasteiger partial charge is 0.193 e. The summed E-state index contributed by atoms with van der Waals surface area (Å²) in [6, 6.07) is 0. The molecule has 8 nitrogen and oxygen atoms in total. The molecule has 9 heteroatoms. The average Bonchev–Trinajstić information content (AvgIpc) is 3.15. The summed E-state index contributed by atoms with van der Waals surface area (Å²) in [5.74, 6) is 3.61. The number of aryl methyl sites for hydroxylation is 3. The van der Waals surface area contributed by atoms with Crippen molar-refractivity contribution in [3.63, 3.8) is 0 Å². The van der Waals surface area contributed by atoms with Gasteiger partial charge in [-0.3, -0.25) is 9.67 Å². The number of guanidine groups is 1. The number of hydrogen-bond donors (Lipinski definition) is 1. The molecule has 0 spiro atoms. The molecular formula is C21H37IN8. The molecule has 0 saturated heterocycles. The quantitative estimate of drug-likeness (QED) is 0.259. The summed E-state index contributed by atoms with van der Waals surface area (Å²) < 4.78 is 4.24. The number of fused-ring (bicyclic) bond motifs is 1. The van der Waals surface area contributed by atoms with E-state index in [0.717, 1.165) is 56.4 Å². The molecule has 0 fully saturated rings. The molecule has 0 aliphatic carbocycles. The topological polar surface area (TPSA) is 76.2 Å². The number of aliphatic imine (C=N–C) groups is 1. The third-order valence-electron chi connectivity index (χ3n) is 5.51. The van der Waals surface area contributed by atoms with E-state index in [9.17, 15) is 0 Å². The Morgan fingerprint density at radius 1 is 1.27 bits per heavy atom. The molecule has 1 aliphatic heterocycles. The predicted molar refractivity (Wildman–Crippen MR) is 131 cm³/mol. The summed E-state index contributed by atoms with van der Waals surface area (Å²) >= 11 is 0. The van der Waals surface area contributed by atoms with Gasteiger partial charge in [0.15, 0.2) is 5.96 Å². The van der Waals surface area contributed by atoms with Crippen LogP contribution in [0.25, 0.3) is 0 Å². The number of rotatable bonds is 7. The zero-order valence-corrected chi connectivity index (χ0v) is 21.4. The van der Waals surface area contributed by atoms with Crippen molar-refractivity contribution in [1.82, 2.24) is 34.8 Å². The van der Waals surface area contributed by atoms with E-state index in [4.69, 9.17) is 0 Å². The highest BCUT2D eigenvalue weighted by atomic mass is 127. The van der Waals surface area contributed by atoms with Crippen LogP contribution in [0.5, 0.6) is 0 Å². The molecular weight excluding hydrogens is 491 g/mol. The fourth-order valence-electron chi connectivity index (χ4n) is 4.05. The molecule has 3 rings (SSSR count). The average molecular weight is 528 g/mol. The Kier molecular flexibility index (Phi) is 9.57. The Bertz CT molecular complexity index is 823. The van der Waals surface area contributed by atoms with Gasteiger partial charge in [-0.2, -0.15) is 5.10 Å². The maximum atomic E-state index is 4.61. The van der Waals surface area contributed by atoms with Gasteiger partial charge < -0.3 is 14.8 Å². The van der Waals surface area contributed by atoms with Gasteiger partial charge in [-0.15, -0.1) is 34.2 Å². The lowest BCUT2D eigenvalue weighted by atomic mass is 10.1. The first-order valence-corrected chi connectivity index (χ1v) is 10.8. The fourth-order valence-corrected chi connectivity index (χ4v) is 4.05. The van der Waals surface area contributed by atoms with Crippen LogP contribution in [-0.4, -0.2) is 56.0 Å². The second-order valence-electron chi connectivity index (χ2n) is 8.30. The minimum atomic E-state index is 0. The van der Waals surface area contributed by atoms with Gasteiger partial charge in [-0.1, -0.05) is 20.3 Å². The van der Waals surface area contributed by atoms with Crippen LogP contribution in [-0.2, 0) is 33.0 Å². The minimum absolute atomic E-state index is 0. The largest absolute Gasteiger partial charge is 0.356 e. The third kappa shape index (κ3) is 6.18. The summed E-state index contributed by atoms with van der Waals surface area (Å²) in [5.41, 5.74) is 2.40. The van der Waals surface area contributed by atoms with Crippen molar-refractivity contribution < 1.29 is 0 Å². The van der Waals surface area contributed by atoms with E-state index in [1.807, 2.05) is 18.8 Å². The molecule has 1 aliphatic rings. The molecule has 0 unspecified atom stereocenters. The summed E-state index contributed by atoms with van der Waals surface area (Å²) in [6.45, 7) is 7.09. The van der Waals surface area contributed by atoms with Gasteiger partial charge in [0.05, 0.1) is 5.69 Å². The van der Waals surface area contributed by atoms with Gasteiger partial charge in [-0.25, -0.2) is 0 Å². The van der Waals surface area contributed by atoms with Crippen LogP contribution in [0, 0.1) is 0 Å². The van der Waals surface area contributed by atoms with E-state index in [1.165, 1.54) is 30.7 Å². The zero-order valence-electron chi connectivity index (χ0n) is 19.1. The lowest BCUT2D eigenvalue weighted by Gasteiger charge is -2.22. The summed E-state index contributed by atoms with van der Waals surface area (Å²) in [6.07, 6.45) is 8.89. The highest BCUT2D eigenvalue weighted by molar-refractivity contribution is 14.0. The van der Waals surface area contributed by atoms with Crippen molar-refractivity contribution in [3.8, 4) is 0 Å². The first-order valence-electron chi connectivity index (χ1n) is 10.8. The van der Waals surface area contributed by atoms with E-state index >= 15 is 0 Å². The van der Waals surface area contributed by atoms with Crippen LogP contribution in [0.1, 0.15) is 68.4 Å². The molecule has 0 bridgehead atoms. The van der Waals surface area contributed by atoms with Crippen molar-refractivity contribution in [2.45, 2.75) is 71.4 Å². The Balaban J connectivity index is 0.00000320. The molecule has 1 N–H and O–H groups in total. The molecule has 2 aromatic rings. The lowest BCUT2D eigenvalue weighted by Crippen LogP contribution is -2.39. The van der Waals surface area contributed by atoms with Crippen molar-refractivity contribution >= 4 is 29.9 Å². The summed E-state index contributed by atoms with van der Waals surface area (Å²) in [7, 11) is 5.89. The van der Waals surface area contributed by atoms with Gasteiger partial charge in [0.2, 0.25) is 0 Å². The van der Waals surface area contributed by atoms with Crippen LogP contribution < -0.4 is 5.32 Å². The highest BCUT2D eigenvalue weighted by Gasteiger charge is 2.16. The molecule has 30 heavy (non-hydrogen) atoms. The first-order chi connectivity index (χ1) is 14.0. The minimum Gasteiger partial charge on any atom is -0.356 e. The van der Waals surface area contributed by atoms with Crippen LogP contribution >= 0.6 is 24.0 Å². The SMILES string of the molecule is CN=C(NCCCc1nnc2n1CCCCC2)N(C)Cc1cn(C)nc1C(C)C.I. The number of hydrogen-bond acceptors (Lipinski definition) is 4.